The predicted octanol–water partition coefficient (Wildman–Crippen LogP) is 3.20. The minimum atomic E-state index is 0.256. The molecule has 0 amide bonds. The van der Waals surface area contributed by atoms with Gasteiger partial charge < -0.3 is 9.67 Å². The molecule has 1 heterocycles. The van der Waals surface area contributed by atoms with Crippen molar-refractivity contribution in [2.45, 2.75) is 40.2 Å². The maximum absolute atomic E-state index is 8.96. The molecule has 0 aliphatic rings. The zero-order valence-corrected chi connectivity index (χ0v) is 11.0. The van der Waals surface area contributed by atoms with Gasteiger partial charge >= 0.3 is 0 Å². The first kappa shape index (κ1) is 12.2. The highest BCUT2D eigenvalue weighted by Crippen LogP contribution is 2.26. The van der Waals surface area contributed by atoms with Crippen LogP contribution in [-0.4, -0.2) is 16.3 Å². The highest BCUT2D eigenvalue weighted by atomic mass is 16.3. The van der Waals surface area contributed by atoms with Crippen molar-refractivity contribution in [1.29, 1.82) is 0 Å². The molecule has 0 bridgehead atoms. The van der Waals surface area contributed by atoms with Crippen LogP contribution in [0.4, 0.5) is 0 Å². The quantitative estimate of drug-likeness (QED) is 0.859. The minimum absolute atomic E-state index is 0.256. The van der Waals surface area contributed by atoms with Crippen molar-refractivity contribution in [3.05, 3.63) is 35.0 Å². The first-order valence-electron chi connectivity index (χ1n) is 6.37. The van der Waals surface area contributed by atoms with E-state index in [1.54, 1.807) is 0 Å². The maximum Gasteiger partial charge on any atom is 0.0513 e. The maximum atomic E-state index is 8.96. The van der Waals surface area contributed by atoms with Crippen LogP contribution in [-0.2, 0) is 13.0 Å². The smallest absolute Gasteiger partial charge is 0.0513 e. The molecule has 0 radical (unpaired) electrons. The van der Waals surface area contributed by atoms with Crippen molar-refractivity contribution in [2.24, 2.45) is 0 Å². The first-order valence-corrected chi connectivity index (χ1v) is 6.37. The molecule has 92 valence electrons. The zero-order valence-electron chi connectivity index (χ0n) is 11.0. The van der Waals surface area contributed by atoms with E-state index in [1.165, 1.54) is 27.6 Å². The molecule has 0 aliphatic carbocycles. The van der Waals surface area contributed by atoms with Crippen LogP contribution in [0.1, 0.15) is 30.0 Å². The Morgan fingerprint density at radius 3 is 2.65 bits per heavy atom. The molecule has 0 aliphatic heterocycles. The van der Waals surface area contributed by atoms with Crippen molar-refractivity contribution in [2.75, 3.05) is 6.61 Å². The fraction of sp³-hybridized carbons (Fsp3) is 0.467. The third-order valence-corrected chi connectivity index (χ3v) is 3.33. The number of nitrogens with zero attached hydrogens (tertiary/aromatic N) is 1. The second-order valence-electron chi connectivity index (χ2n) is 4.76. The van der Waals surface area contributed by atoms with Crippen molar-refractivity contribution in [1.82, 2.24) is 4.57 Å². The summed E-state index contributed by atoms with van der Waals surface area (Å²) in [7, 11) is 0. The van der Waals surface area contributed by atoms with E-state index in [4.69, 9.17) is 5.11 Å². The lowest BCUT2D eigenvalue weighted by Gasteiger charge is -2.07. The molecule has 0 saturated carbocycles. The fourth-order valence-corrected chi connectivity index (χ4v) is 2.61. The van der Waals surface area contributed by atoms with Gasteiger partial charge in [-0.25, -0.2) is 0 Å². The van der Waals surface area contributed by atoms with E-state index >= 15 is 0 Å². The Bertz CT molecular complexity index is 525. The fourth-order valence-electron chi connectivity index (χ4n) is 2.61. The van der Waals surface area contributed by atoms with E-state index < -0.39 is 0 Å². The van der Waals surface area contributed by atoms with Gasteiger partial charge in [0.05, 0.1) is 5.52 Å². The molecule has 1 aromatic carbocycles. The van der Waals surface area contributed by atoms with Gasteiger partial charge in [0.15, 0.2) is 0 Å². The molecule has 2 nitrogen and oxygen atoms in total. The zero-order chi connectivity index (χ0) is 12.4. The van der Waals surface area contributed by atoms with Crippen molar-refractivity contribution < 1.29 is 5.11 Å². The Balaban J connectivity index is 2.60. The van der Waals surface area contributed by atoms with Crippen LogP contribution in [0.3, 0.4) is 0 Å². The van der Waals surface area contributed by atoms with Gasteiger partial charge in [0, 0.05) is 24.7 Å². The Hall–Kier alpha value is -1.28. The summed E-state index contributed by atoms with van der Waals surface area (Å²) in [5.74, 6) is 0. The number of rotatable bonds is 4. The number of aliphatic hydroxyl groups excluding tert-OH is 1. The minimum Gasteiger partial charge on any atom is -0.396 e. The highest BCUT2D eigenvalue weighted by molar-refractivity contribution is 5.87. The lowest BCUT2D eigenvalue weighted by molar-refractivity contribution is 0.280. The second-order valence-corrected chi connectivity index (χ2v) is 4.76. The molecule has 2 heteroatoms. The molecule has 1 aromatic heterocycles. The highest BCUT2D eigenvalue weighted by Gasteiger charge is 2.09. The molecule has 2 aromatic rings. The average Bonchev–Trinajstić information content (AvgIpc) is 2.64. The molecular formula is C15H21NO. The van der Waals surface area contributed by atoms with Crippen molar-refractivity contribution >= 4 is 10.9 Å². The molecule has 1 N–H and O–H groups in total. The number of aromatic nitrogens is 1. The van der Waals surface area contributed by atoms with Gasteiger partial charge in [-0.2, -0.15) is 0 Å². The summed E-state index contributed by atoms with van der Waals surface area (Å²) in [6.07, 6.45) is 4.12. The number of aryl methyl sites for hydroxylation is 4. The van der Waals surface area contributed by atoms with Gasteiger partial charge in [0.25, 0.3) is 0 Å². The van der Waals surface area contributed by atoms with Crippen molar-refractivity contribution in [3.63, 3.8) is 0 Å². The topological polar surface area (TPSA) is 25.2 Å². The van der Waals surface area contributed by atoms with E-state index in [-0.39, 0.29) is 6.61 Å². The number of aliphatic hydroxyl groups is 1. The van der Waals surface area contributed by atoms with E-state index in [0.717, 1.165) is 19.4 Å². The van der Waals surface area contributed by atoms with Crippen LogP contribution in [0.5, 0.6) is 0 Å². The van der Waals surface area contributed by atoms with Gasteiger partial charge in [-0.15, -0.1) is 0 Å². The van der Waals surface area contributed by atoms with Crippen LogP contribution in [0, 0.1) is 13.8 Å². The van der Waals surface area contributed by atoms with E-state index in [2.05, 4.69) is 43.7 Å². The van der Waals surface area contributed by atoms with E-state index in [1.807, 2.05) is 0 Å². The van der Waals surface area contributed by atoms with Crippen LogP contribution < -0.4 is 0 Å². The van der Waals surface area contributed by atoms with Crippen LogP contribution in [0.15, 0.2) is 18.3 Å². The van der Waals surface area contributed by atoms with Gasteiger partial charge in [0.2, 0.25) is 0 Å². The summed E-state index contributed by atoms with van der Waals surface area (Å²) in [6.45, 7) is 7.67. The number of fused-ring (bicyclic) bond motifs is 1. The Morgan fingerprint density at radius 2 is 2.00 bits per heavy atom. The second kappa shape index (κ2) is 4.92. The standard InChI is InChI=1S/C15H21NO/c1-4-13-10-16(6-5-7-17)15-12(3)8-11(2)9-14(13)15/h8-10,17H,4-7H2,1-3H3. The molecule has 0 atom stereocenters. The third-order valence-electron chi connectivity index (χ3n) is 3.33. The SMILES string of the molecule is CCc1cn(CCCO)c2c(C)cc(C)cc12. The number of hydrogen-bond donors (Lipinski definition) is 1. The summed E-state index contributed by atoms with van der Waals surface area (Å²) in [5.41, 5.74) is 5.40. The summed E-state index contributed by atoms with van der Waals surface area (Å²) >= 11 is 0. The van der Waals surface area contributed by atoms with Gasteiger partial charge in [-0.05, 0) is 43.9 Å². The summed E-state index contributed by atoms with van der Waals surface area (Å²) in [6, 6.07) is 4.51. The predicted molar refractivity (Wildman–Crippen MR) is 72.5 cm³/mol. The monoisotopic (exact) mass is 231 g/mol. The summed E-state index contributed by atoms with van der Waals surface area (Å²) < 4.78 is 2.29. The largest absolute Gasteiger partial charge is 0.396 e. The normalized spacial score (nSPS) is 11.3. The average molecular weight is 231 g/mol. The third kappa shape index (κ3) is 2.22. The van der Waals surface area contributed by atoms with E-state index in [9.17, 15) is 0 Å². The van der Waals surface area contributed by atoms with Crippen LogP contribution >= 0.6 is 0 Å². The molecular weight excluding hydrogens is 210 g/mol. The lowest BCUT2D eigenvalue weighted by atomic mass is 10.0. The first-order chi connectivity index (χ1) is 8.17. The Kier molecular flexibility index (Phi) is 3.53. The van der Waals surface area contributed by atoms with E-state index in [0.29, 0.717) is 0 Å². The lowest BCUT2D eigenvalue weighted by Crippen LogP contribution is -1.99. The summed E-state index contributed by atoms with van der Waals surface area (Å²) in [5, 5.41) is 10.3. The van der Waals surface area contributed by atoms with Gasteiger partial charge in [-0.1, -0.05) is 18.6 Å². The molecule has 0 spiro atoms. The number of benzene rings is 1. The molecule has 0 fully saturated rings. The molecule has 0 unspecified atom stereocenters. The van der Waals surface area contributed by atoms with Crippen molar-refractivity contribution in [3.8, 4) is 0 Å². The Labute approximate surface area is 103 Å². The Morgan fingerprint density at radius 1 is 1.24 bits per heavy atom. The molecule has 17 heavy (non-hydrogen) atoms. The summed E-state index contributed by atoms with van der Waals surface area (Å²) in [4.78, 5) is 0. The molecule has 0 saturated heterocycles. The molecule has 2 rings (SSSR count). The van der Waals surface area contributed by atoms with Gasteiger partial charge in [0.1, 0.15) is 0 Å². The number of hydrogen-bond acceptors (Lipinski definition) is 1. The van der Waals surface area contributed by atoms with Crippen LogP contribution in [0.2, 0.25) is 0 Å². The van der Waals surface area contributed by atoms with Gasteiger partial charge in [-0.3, -0.25) is 0 Å². The van der Waals surface area contributed by atoms with Crippen LogP contribution in [0.25, 0.3) is 10.9 Å².